The zero-order chi connectivity index (χ0) is 26.4. The molecule has 1 aliphatic rings. The van der Waals surface area contributed by atoms with E-state index in [1.807, 2.05) is 25.1 Å². The molecule has 190 valence electrons. The smallest absolute Gasteiger partial charge is 0.409 e. The van der Waals surface area contributed by atoms with E-state index < -0.39 is 6.09 Å². The fourth-order valence-electron chi connectivity index (χ4n) is 4.73. The summed E-state index contributed by atoms with van der Waals surface area (Å²) in [7, 11) is 0. The second-order valence-electron chi connectivity index (χ2n) is 8.89. The first kappa shape index (κ1) is 23.6. The van der Waals surface area contributed by atoms with Crippen molar-refractivity contribution in [2.45, 2.75) is 25.8 Å². The summed E-state index contributed by atoms with van der Waals surface area (Å²) in [5.74, 6) is 1.21. The number of carboxylic acid groups (broad SMARTS) is 1. The maximum Gasteiger partial charge on any atom is 0.409 e. The van der Waals surface area contributed by atoms with Crippen molar-refractivity contribution in [1.82, 2.24) is 39.7 Å². The summed E-state index contributed by atoms with van der Waals surface area (Å²) in [5.41, 5.74) is 4.59. The van der Waals surface area contributed by atoms with Crippen LogP contribution in [0.25, 0.3) is 28.2 Å². The Morgan fingerprint density at radius 3 is 2.71 bits per heavy atom. The monoisotopic (exact) mass is 529 g/mol. The summed E-state index contributed by atoms with van der Waals surface area (Å²) in [6, 6.07) is 13.7. The molecule has 1 atom stereocenters. The fraction of sp³-hybridized carbons (Fsp3) is 0.160. The van der Waals surface area contributed by atoms with E-state index in [1.54, 1.807) is 33.5 Å². The first-order valence-corrected chi connectivity index (χ1v) is 12.1. The minimum Gasteiger partial charge on any atom is -0.465 e. The van der Waals surface area contributed by atoms with Crippen LogP contribution in [0, 0.1) is 6.92 Å². The predicted octanol–water partition coefficient (Wildman–Crippen LogP) is 3.86. The number of tetrazole rings is 1. The molecular formula is C25H20ClN9O3. The lowest BCUT2D eigenvalue weighted by atomic mass is 10.1. The molecule has 0 spiro atoms. The zero-order valence-electron chi connectivity index (χ0n) is 20.0. The van der Waals surface area contributed by atoms with E-state index in [-0.39, 0.29) is 16.8 Å². The third-order valence-corrected chi connectivity index (χ3v) is 6.69. The lowest BCUT2D eigenvalue weighted by Crippen LogP contribution is -2.25. The molecule has 1 aliphatic heterocycles. The van der Waals surface area contributed by atoms with Gasteiger partial charge >= 0.3 is 6.09 Å². The van der Waals surface area contributed by atoms with E-state index in [9.17, 15) is 9.59 Å². The molecule has 0 bridgehead atoms. The van der Waals surface area contributed by atoms with Gasteiger partial charge in [-0.3, -0.25) is 14.7 Å². The van der Waals surface area contributed by atoms with Crippen molar-refractivity contribution in [2.75, 3.05) is 5.32 Å². The maximum absolute atomic E-state index is 13.4. The Bertz CT molecular complexity index is 1730. The lowest BCUT2D eigenvalue weighted by molar-refractivity contribution is 0.209. The third-order valence-electron chi connectivity index (χ3n) is 6.42. The summed E-state index contributed by atoms with van der Waals surface area (Å²) >= 11 is 6.46. The summed E-state index contributed by atoms with van der Waals surface area (Å²) in [4.78, 5) is 36.9. The SMILES string of the molecule is Cc1ccc(-n2cnnn2)c(-c2cc(=O)n3c(n2)CC[C@H]3c2nc(Cl)c(-c3ccc(NC(=O)O)cc3)[nH]2)c1. The number of halogens is 1. The van der Waals surface area contributed by atoms with Crippen molar-refractivity contribution < 1.29 is 9.90 Å². The molecule has 1 amide bonds. The molecule has 0 saturated heterocycles. The van der Waals surface area contributed by atoms with Crippen LogP contribution in [0.2, 0.25) is 5.15 Å². The van der Waals surface area contributed by atoms with Gasteiger partial charge < -0.3 is 10.1 Å². The number of aromatic nitrogens is 8. The van der Waals surface area contributed by atoms with E-state index in [4.69, 9.17) is 21.7 Å². The van der Waals surface area contributed by atoms with Gasteiger partial charge in [0.25, 0.3) is 5.56 Å². The normalized spacial score (nSPS) is 14.4. The fourth-order valence-corrected chi connectivity index (χ4v) is 4.98. The van der Waals surface area contributed by atoms with Gasteiger partial charge in [0.15, 0.2) is 5.15 Å². The van der Waals surface area contributed by atoms with Gasteiger partial charge in [-0.05, 0) is 48.0 Å². The van der Waals surface area contributed by atoms with Crippen LogP contribution >= 0.6 is 11.6 Å². The van der Waals surface area contributed by atoms with Crippen LogP contribution in [-0.2, 0) is 6.42 Å². The molecule has 0 fully saturated rings. The van der Waals surface area contributed by atoms with E-state index in [0.29, 0.717) is 41.6 Å². The number of aromatic amines is 1. The Labute approximate surface area is 220 Å². The molecule has 4 heterocycles. The number of rotatable bonds is 5. The van der Waals surface area contributed by atoms with E-state index >= 15 is 0 Å². The van der Waals surface area contributed by atoms with E-state index in [1.165, 1.54) is 12.4 Å². The summed E-state index contributed by atoms with van der Waals surface area (Å²) in [6.07, 6.45) is 1.57. The number of fused-ring (bicyclic) bond motifs is 1. The summed E-state index contributed by atoms with van der Waals surface area (Å²) < 4.78 is 3.19. The molecule has 3 N–H and O–H groups in total. The molecular weight excluding hydrogens is 510 g/mol. The zero-order valence-corrected chi connectivity index (χ0v) is 20.7. The number of imidazole rings is 1. The molecule has 38 heavy (non-hydrogen) atoms. The van der Waals surface area contributed by atoms with Crippen molar-refractivity contribution in [1.29, 1.82) is 0 Å². The van der Waals surface area contributed by atoms with Gasteiger partial charge in [0.2, 0.25) is 0 Å². The Hall–Kier alpha value is -4.84. The second-order valence-corrected chi connectivity index (χ2v) is 9.25. The standard InChI is InChI=1S/C25H20ClN9O3/c1-13-2-7-18(34-12-27-32-33-34)16(10-13)17-11-21(36)35-19(8-9-20(35)29-17)24-30-22(23(26)31-24)14-3-5-15(6-4-14)28-25(37)38/h2-7,10-12,19,28H,8-9H2,1H3,(H,30,31)(H,37,38)/t19-/m0/s1. The van der Waals surface area contributed by atoms with Crippen molar-refractivity contribution in [3.8, 4) is 28.2 Å². The van der Waals surface area contributed by atoms with Crippen LogP contribution in [-0.4, -0.2) is 50.9 Å². The average molecular weight is 530 g/mol. The molecule has 6 rings (SSSR count). The highest BCUT2D eigenvalue weighted by atomic mass is 35.5. The number of benzene rings is 2. The Morgan fingerprint density at radius 2 is 1.97 bits per heavy atom. The number of aryl methyl sites for hydroxylation is 2. The van der Waals surface area contributed by atoms with Crippen molar-refractivity contribution in [3.63, 3.8) is 0 Å². The molecule has 3 aromatic heterocycles. The number of hydrogen-bond donors (Lipinski definition) is 3. The first-order chi connectivity index (χ1) is 18.4. The highest BCUT2D eigenvalue weighted by Gasteiger charge is 2.30. The third kappa shape index (κ3) is 4.20. The number of H-pyrrole nitrogens is 1. The summed E-state index contributed by atoms with van der Waals surface area (Å²) in [5, 5.41) is 22.9. The molecule has 0 saturated carbocycles. The molecule has 12 nitrogen and oxygen atoms in total. The Morgan fingerprint density at radius 1 is 1.16 bits per heavy atom. The molecule has 0 unspecified atom stereocenters. The van der Waals surface area contributed by atoms with E-state index in [0.717, 1.165) is 22.4 Å². The van der Waals surface area contributed by atoms with Gasteiger partial charge in [0.05, 0.1) is 23.1 Å². The van der Waals surface area contributed by atoms with Gasteiger partial charge in [-0.1, -0.05) is 35.4 Å². The largest absolute Gasteiger partial charge is 0.465 e. The van der Waals surface area contributed by atoms with Crippen molar-refractivity contribution >= 4 is 23.4 Å². The number of amides is 1. The topological polar surface area (TPSA) is 156 Å². The molecule has 2 aromatic carbocycles. The highest BCUT2D eigenvalue weighted by molar-refractivity contribution is 6.31. The minimum atomic E-state index is -1.14. The van der Waals surface area contributed by atoms with Gasteiger partial charge in [0.1, 0.15) is 18.0 Å². The minimum absolute atomic E-state index is 0.199. The van der Waals surface area contributed by atoms with Crippen molar-refractivity contribution in [2.24, 2.45) is 0 Å². The predicted molar refractivity (Wildman–Crippen MR) is 139 cm³/mol. The lowest BCUT2D eigenvalue weighted by Gasteiger charge is -2.14. The highest BCUT2D eigenvalue weighted by Crippen LogP contribution is 2.34. The Kier molecular flexibility index (Phi) is 5.72. The number of nitrogens with zero attached hydrogens (tertiary/aromatic N) is 7. The van der Waals surface area contributed by atoms with Crippen LogP contribution in [0.15, 0.2) is 59.7 Å². The second kappa shape index (κ2) is 9.23. The maximum atomic E-state index is 13.4. The van der Waals surface area contributed by atoms with Crippen LogP contribution < -0.4 is 10.9 Å². The number of nitrogens with one attached hydrogen (secondary N) is 2. The van der Waals surface area contributed by atoms with Gasteiger partial charge in [-0.25, -0.2) is 14.8 Å². The Balaban J connectivity index is 1.35. The van der Waals surface area contributed by atoms with Crippen LogP contribution in [0.4, 0.5) is 10.5 Å². The first-order valence-electron chi connectivity index (χ1n) is 11.7. The molecule has 0 radical (unpaired) electrons. The quantitative estimate of drug-likeness (QED) is 0.310. The van der Waals surface area contributed by atoms with Crippen LogP contribution in [0.1, 0.15) is 29.7 Å². The van der Waals surface area contributed by atoms with E-state index in [2.05, 4.69) is 30.8 Å². The molecule has 13 heteroatoms. The van der Waals surface area contributed by atoms with Crippen molar-refractivity contribution in [3.05, 3.63) is 87.6 Å². The molecule has 0 aliphatic carbocycles. The molecule has 5 aromatic rings. The van der Waals surface area contributed by atoms with Gasteiger partial charge in [-0.2, -0.15) is 4.68 Å². The number of carbonyl (C=O) groups is 1. The summed E-state index contributed by atoms with van der Waals surface area (Å²) in [6.45, 7) is 1.97. The average Bonchev–Trinajstić information content (AvgIpc) is 3.64. The van der Waals surface area contributed by atoms with Gasteiger partial charge in [0, 0.05) is 29.3 Å². The van der Waals surface area contributed by atoms with Gasteiger partial charge in [-0.15, -0.1) is 5.10 Å². The number of hydrogen-bond acceptors (Lipinski definition) is 7. The van der Waals surface area contributed by atoms with Crippen LogP contribution in [0.5, 0.6) is 0 Å². The van der Waals surface area contributed by atoms with Crippen LogP contribution in [0.3, 0.4) is 0 Å². The number of anilines is 1.